The molecule has 0 aliphatic carbocycles. The van der Waals surface area contributed by atoms with Gasteiger partial charge in [0.05, 0.1) is 12.8 Å². The van der Waals surface area contributed by atoms with Gasteiger partial charge in [-0.25, -0.2) is 14.5 Å². The van der Waals surface area contributed by atoms with Crippen molar-refractivity contribution in [1.82, 2.24) is 23.9 Å². The van der Waals surface area contributed by atoms with E-state index in [1.54, 1.807) is 34.7 Å². The maximum absolute atomic E-state index is 13.4. The fourth-order valence-corrected chi connectivity index (χ4v) is 3.54. The Morgan fingerprint density at radius 2 is 1.87 bits per heavy atom. The summed E-state index contributed by atoms with van der Waals surface area (Å²) in [5.41, 5.74) is 2.64. The number of hydrogen-bond acceptors (Lipinski definition) is 6. The van der Waals surface area contributed by atoms with E-state index in [9.17, 15) is 4.79 Å². The van der Waals surface area contributed by atoms with Crippen LogP contribution in [0.2, 0.25) is 0 Å². The van der Waals surface area contributed by atoms with Crippen molar-refractivity contribution in [3.05, 3.63) is 83.0 Å². The highest BCUT2D eigenvalue weighted by molar-refractivity contribution is 5.78. The second-order valence-corrected chi connectivity index (χ2v) is 6.76. The molecule has 5 rings (SSSR count). The van der Waals surface area contributed by atoms with E-state index in [4.69, 9.17) is 4.74 Å². The molecule has 0 aliphatic heterocycles. The molecule has 0 spiro atoms. The molecule has 0 aliphatic rings. The van der Waals surface area contributed by atoms with E-state index in [2.05, 4.69) is 20.3 Å². The summed E-state index contributed by atoms with van der Waals surface area (Å²) < 4.78 is 8.77. The molecule has 5 aromatic rings. The van der Waals surface area contributed by atoms with Gasteiger partial charge in [-0.05, 0) is 31.2 Å². The Hall–Kier alpha value is -4.20. The first-order chi connectivity index (χ1) is 14.7. The maximum Gasteiger partial charge on any atom is 0.270 e. The largest absolute Gasteiger partial charge is 0.496 e. The SMILES string of the molecule is COc1cccc(-n2c(=O)c3cnc(Nc4ccccc4)nc3n3ccnc23)c1C. The number of fused-ring (bicyclic) bond motifs is 3. The van der Waals surface area contributed by atoms with Gasteiger partial charge >= 0.3 is 0 Å². The second-order valence-electron chi connectivity index (χ2n) is 6.76. The quantitative estimate of drug-likeness (QED) is 0.499. The molecule has 8 nitrogen and oxygen atoms in total. The zero-order chi connectivity index (χ0) is 20.7. The minimum absolute atomic E-state index is 0.244. The van der Waals surface area contributed by atoms with E-state index in [-0.39, 0.29) is 5.56 Å². The molecular formula is C22H18N6O2. The van der Waals surface area contributed by atoms with Crippen LogP contribution in [0, 0.1) is 6.92 Å². The van der Waals surface area contributed by atoms with Gasteiger partial charge in [0.1, 0.15) is 11.1 Å². The first-order valence-corrected chi connectivity index (χ1v) is 9.38. The minimum atomic E-state index is -0.244. The fraction of sp³-hybridized carbons (Fsp3) is 0.0909. The van der Waals surface area contributed by atoms with Crippen LogP contribution < -0.4 is 15.6 Å². The Bertz CT molecular complexity index is 1440. The van der Waals surface area contributed by atoms with Gasteiger partial charge in [-0.15, -0.1) is 0 Å². The molecule has 0 amide bonds. The highest BCUT2D eigenvalue weighted by Gasteiger charge is 2.17. The summed E-state index contributed by atoms with van der Waals surface area (Å²) in [5, 5.41) is 3.55. The van der Waals surface area contributed by atoms with Crippen molar-refractivity contribution in [2.45, 2.75) is 6.92 Å². The summed E-state index contributed by atoms with van der Waals surface area (Å²) in [6.45, 7) is 1.91. The van der Waals surface area contributed by atoms with Gasteiger partial charge in [0.2, 0.25) is 11.7 Å². The first-order valence-electron chi connectivity index (χ1n) is 9.38. The van der Waals surface area contributed by atoms with Crippen LogP contribution in [-0.4, -0.2) is 31.0 Å². The van der Waals surface area contributed by atoms with E-state index in [1.165, 1.54) is 0 Å². The highest BCUT2D eigenvalue weighted by Crippen LogP contribution is 2.25. The van der Waals surface area contributed by atoms with Crippen LogP contribution in [0.15, 0.2) is 71.9 Å². The zero-order valence-electron chi connectivity index (χ0n) is 16.4. The summed E-state index contributed by atoms with van der Waals surface area (Å²) >= 11 is 0. The minimum Gasteiger partial charge on any atom is -0.496 e. The van der Waals surface area contributed by atoms with Gasteiger partial charge < -0.3 is 10.1 Å². The van der Waals surface area contributed by atoms with Gasteiger partial charge in [0.15, 0.2) is 5.65 Å². The van der Waals surface area contributed by atoms with Crippen LogP contribution in [0.5, 0.6) is 5.75 Å². The monoisotopic (exact) mass is 398 g/mol. The lowest BCUT2D eigenvalue weighted by molar-refractivity contribution is 0.411. The number of aromatic nitrogens is 5. The highest BCUT2D eigenvalue weighted by atomic mass is 16.5. The summed E-state index contributed by atoms with van der Waals surface area (Å²) in [6, 6.07) is 15.2. The lowest BCUT2D eigenvalue weighted by Crippen LogP contribution is -2.23. The molecule has 8 heteroatoms. The summed E-state index contributed by atoms with van der Waals surface area (Å²) in [4.78, 5) is 26.8. The number of rotatable bonds is 4. The molecule has 0 saturated carbocycles. The van der Waals surface area contributed by atoms with Crippen LogP contribution in [0.3, 0.4) is 0 Å². The standard InChI is InChI=1S/C22H18N6O2/c1-14-17(9-6-10-18(14)30-2)28-20(29)16-13-24-21(25-15-7-4-3-5-8-15)26-19(16)27-12-11-23-22(27)28/h3-13H,1-2H3,(H,24,25,26). The molecular weight excluding hydrogens is 380 g/mol. The van der Waals surface area contributed by atoms with Crippen LogP contribution in [0.1, 0.15) is 5.56 Å². The normalized spacial score (nSPS) is 11.1. The topological polar surface area (TPSA) is 86.3 Å². The third-order valence-electron chi connectivity index (χ3n) is 5.00. The van der Waals surface area contributed by atoms with Gasteiger partial charge in [-0.3, -0.25) is 9.20 Å². The first kappa shape index (κ1) is 17.9. The Morgan fingerprint density at radius 3 is 2.67 bits per heavy atom. The van der Waals surface area contributed by atoms with Gasteiger partial charge in [0.25, 0.3) is 5.56 Å². The fourth-order valence-electron chi connectivity index (χ4n) is 3.54. The number of para-hydroxylation sites is 1. The zero-order valence-corrected chi connectivity index (χ0v) is 16.4. The Morgan fingerprint density at radius 1 is 1.03 bits per heavy atom. The van der Waals surface area contributed by atoms with E-state index in [0.29, 0.717) is 34.2 Å². The predicted molar refractivity (Wildman–Crippen MR) is 115 cm³/mol. The molecule has 3 aromatic heterocycles. The number of benzene rings is 2. The number of hydrogen-bond donors (Lipinski definition) is 1. The maximum atomic E-state index is 13.4. The number of anilines is 2. The Labute approximate surface area is 171 Å². The van der Waals surface area contributed by atoms with Crippen LogP contribution in [0.25, 0.3) is 22.5 Å². The molecule has 0 bridgehead atoms. The molecule has 0 fully saturated rings. The van der Waals surface area contributed by atoms with Crippen molar-refractivity contribution >= 4 is 28.4 Å². The molecule has 0 saturated heterocycles. The Kier molecular flexibility index (Phi) is 4.17. The smallest absolute Gasteiger partial charge is 0.270 e. The lowest BCUT2D eigenvalue weighted by Gasteiger charge is -2.15. The Balaban J connectivity index is 1.75. The molecule has 1 N–H and O–H groups in total. The lowest BCUT2D eigenvalue weighted by atomic mass is 10.1. The summed E-state index contributed by atoms with van der Waals surface area (Å²) in [6.07, 6.45) is 4.97. The third-order valence-corrected chi connectivity index (χ3v) is 5.00. The molecule has 3 heterocycles. The van der Waals surface area contributed by atoms with Crippen molar-refractivity contribution in [3.8, 4) is 11.4 Å². The van der Waals surface area contributed by atoms with Crippen LogP contribution in [-0.2, 0) is 0 Å². The number of methoxy groups -OCH3 is 1. The molecule has 2 aromatic carbocycles. The predicted octanol–water partition coefficient (Wildman–Crippen LogP) is 3.49. The summed E-state index contributed by atoms with van der Waals surface area (Å²) in [7, 11) is 1.61. The average molecular weight is 398 g/mol. The van der Waals surface area contributed by atoms with Crippen LogP contribution in [0.4, 0.5) is 11.6 Å². The number of ether oxygens (including phenoxy) is 1. The van der Waals surface area contributed by atoms with Gasteiger partial charge in [0, 0.05) is 29.8 Å². The van der Waals surface area contributed by atoms with E-state index < -0.39 is 0 Å². The van der Waals surface area contributed by atoms with Crippen molar-refractivity contribution in [3.63, 3.8) is 0 Å². The van der Waals surface area contributed by atoms with Crippen molar-refractivity contribution in [2.24, 2.45) is 0 Å². The molecule has 30 heavy (non-hydrogen) atoms. The number of nitrogens with one attached hydrogen (secondary N) is 1. The number of nitrogens with zero attached hydrogens (tertiary/aromatic N) is 5. The van der Waals surface area contributed by atoms with Gasteiger partial charge in [-0.2, -0.15) is 4.98 Å². The van der Waals surface area contributed by atoms with Crippen molar-refractivity contribution < 1.29 is 4.74 Å². The third kappa shape index (κ3) is 2.77. The van der Waals surface area contributed by atoms with E-state index in [1.807, 2.05) is 55.5 Å². The van der Waals surface area contributed by atoms with Gasteiger partial charge in [-0.1, -0.05) is 24.3 Å². The second kappa shape index (κ2) is 7.00. The van der Waals surface area contributed by atoms with E-state index in [0.717, 1.165) is 11.3 Å². The average Bonchev–Trinajstić information content (AvgIpc) is 3.25. The summed E-state index contributed by atoms with van der Waals surface area (Å²) in [5.74, 6) is 1.56. The number of imidazole rings is 1. The molecule has 0 unspecified atom stereocenters. The van der Waals surface area contributed by atoms with Crippen LogP contribution >= 0.6 is 0 Å². The molecule has 0 radical (unpaired) electrons. The van der Waals surface area contributed by atoms with Crippen molar-refractivity contribution in [2.75, 3.05) is 12.4 Å². The van der Waals surface area contributed by atoms with Crippen molar-refractivity contribution in [1.29, 1.82) is 0 Å². The molecule has 148 valence electrons. The molecule has 0 atom stereocenters. The van der Waals surface area contributed by atoms with E-state index >= 15 is 0 Å².